The molecule has 0 bridgehead atoms. The Morgan fingerprint density at radius 1 is 1.11 bits per heavy atom. The number of rotatable bonds is 6. The minimum absolute atomic E-state index is 0.0843. The van der Waals surface area contributed by atoms with E-state index in [1.165, 1.54) is 31.3 Å². The number of nitrogens with zero attached hydrogens (tertiary/aromatic N) is 2. The molecule has 0 saturated heterocycles. The van der Waals surface area contributed by atoms with Crippen LogP contribution in [0.25, 0.3) is 0 Å². The van der Waals surface area contributed by atoms with Gasteiger partial charge in [0.25, 0.3) is 5.91 Å². The van der Waals surface area contributed by atoms with Gasteiger partial charge in [-0.25, -0.2) is 0 Å². The topological polar surface area (TPSA) is 80.6 Å². The second kappa shape index (κ2) is 9.51. The maximum atomic E-state index is 12.4. The van der Waals surface area contributed by atoms with Gasteiger partial charge in [-0.3, -0.25) is 14.6 Å². The molecule has 0 aromatic carbocycles. The highest BCUT2D eigenvalue weighted by Crippen LogP contribution is 2.66. The normalized spacial score (nSPS) is 37.0. The predicted octanol–water partition coefficient (Wildman–Crippen LogP) is 5.24. The van der Waals surface area contributed by atoms with Crippen LogP contribution in [0.4, 0.5) is 0 Å². The Morgan fingerprint density at radius 2 is 1.97 bits per heavy atom. The first kappa shape index (κ1) is 24.2. The summed E-state index contributed by atoms with van der Waals surface area (Å²) in [6.45, 7) is 6.99. The van der Waals surface area contributed by atoms with Crippen molar-refractivity contribution in [2.75, 3.05) is 6.61 Å². The van der Waals surface area contributed by atoms with Crippen LogP contribution >= 0.6 is 0 Å². The second-order valence-electron chi connectivity index (χ2n) is 11.7. The van der Waals surface area contributed by atoms with Crippen LogP contribution in [0.3, 0.4) is 0 Å². The van der Waals surface area contributed by atoms with Crippen molar-refractivity contribution in [3.05, 3.63) is 41.7 Å². The van der Waals surface area contributed by atoms with E-state index < -0.39 is 0 Å². The van der Waals surface area contributed by atoms with Crippen LogP contribution in [0.2, 0.25) is 0 Å². The van der Waals surface area contributed by atoms with Gasteiger partial charge < -0.3 is 10.2 Å². The first-order valence-corrected chi connectivity index (χ1v) is 13.4. The Labute approximate surface area is 209 Å². The fraction of sp³-hybridized carbons (Fsp3) is 0.655. The summed E-state index contributed by atoms with van der Waals surface area (Å²) < 4.78 is 0. The first-order chi connectivity index (χ1) is 16.8. The smallest absolute Gasteiger partial charge is 0.261 e. The molecule has 5 rings (SSSR count). The number of nitrogens with one attached hydrogen (secondary N) is 1. The van der Waals surface area contributed by atoms with E-state index in [1.54, 1.807) is 6.20 Å². The molecular weight excluding hydrogens is 438 g/mol. The highest BCUT2D eigenvalue weighted by molar-refractivity contribution is 5.96. The van der Waals surface area contributed by atoms with Gasteiger partial charge in [0.2, 0.25) is 0 Å². The van der Waals surface area contributed by atoms with Crippen LogP contribution in [0.15, 0.2) is 41.2 Å². The third-order valence-corrected chi connectivity index (χ3v) is 10.0. The van der Waals surface area contributed by atoms with Crippen LogP contribution in [-0.4, -0.2) is 29.0 Å². The van der Waals surface area contributed by atoms with E-state index in [4.69, 9.17) is 4.84 Å². The van der Waals surface area contributed by atoms with Gasteiger partial charge in [-0.05, 0) is 105 Å². The zero-order chi connectivity index (χ0) is 24.6. The van der Waals surface area contributed by atoms with E-state index in [-0.39, 0.29) is 29.3 Å². The number of fused-ring (bicyclic) bond motifs is 5. The Morgan fingerprint density at radius 3 is 2.74 bits per heavy atom. The Balaban J connectivity index is 1.20. The summed E-state index contributed by atoms with van der Waals surface area (Å²) in [5.74, 6) is 2.60. The molecule has 6 nitrogen and oxygen atoms in total. The average molecular weight is 478 g/mol. The Kier molecular flexibility index (Phi) is 6.58. The highest BCUT2D eigenvalue weighted by Gasteiger charge is 2.59. The number of oxime groups is 1. The SMILES string of the molecule is CC(=O)C1CCC2C3CCC4=C/C(=N\OCC(=O)NCc5ccccn5)CC[C@]4(C)C3CC[C@]12C. The lowest BCUT2D eigenvalue weighted by atomic mass is 9.46. The van der Waals surface area contributed by atoms with E-state index in [1.807, 2.05) is 25.1 Å². The molecule has 188 valence electrons. The number of aromatic nitrogens is 1. The average Bonchev–Trinajstić information content (AvgIpc) is 3.21. The minimum Gasteiger partial charge on any atom is -0.385 e. The molecule has 4 unspecified atom stereocenters. The standard InChI is InChI=1S/C29H39N3O3/c1-19(33)24-9-10-25-23-8-7-20-16-21(11-13-28(20,2)26(23)12-14-29(24,25)3)32-35-18-27(34)31-17-22-6-4-5-15-30-22/h4-6,15-16,23-26H,7-14,17-18H2,1-3H3,(H,31,34)/b32-21-/t23?,24?,25?,26?,28-,29+/m0/s1. The van der Waals surface area contributed by atoms with Crippen molar-refractivity contribution in [1.29, 1.82) is 0 Å². The van der Waals surface area contributed by atoms with E-state index >= 15 is 0 Å². The molecule has 1 N–H and O–H groups in total. The lowest BCUT2D eigenvalue weighted by Crippen LogP contribution is -2.51. The number of pyridine rings is 1. The van der Waals surface area contributed by atoms with Crippen LogP contribution in [0, 0.1) is 34.5 Å². The molecule has 6 heteroatoms. The number of allylic oxidation sites excluding steroid dienone is 2. The number of hydrogen-bond acceptors (Lipinski definition) is 5. The molecule has 1 heterocycles. The third kappa shape index (κ3) is 4.45. The van der Waals surface area contributed by atoms with Crippen LogP contribution in [0.1, 0.15) is 77.8 Å². The summed E-state index contributed by atoms with van der Waals surface area (Å²) in [6, 6.07) is 5.63. The molecule has 3 fully saturated rings. The van der Waals surface area contributed by atoms with Crippen LogP contribution < -0.4 is 5.32 Å². The zero-order valence-electron chi connectivity index (χ0n) is 21.4. The predicted molar refractivity (Wildman–Crippen MR) is 135 cm³/mol. The molecule has 1 amide bonds. The van der Waals surface area contributed by atoms with Crippen LogP contribution in [-0.2, 0) is 21.0 Å². The summed E-state index contributed by atoms with van der Waals surface area (Å²) in [6.07, 6.45) is 13.0. The van der Waals surface area contributed by atoms with E-state index in [0.717, 1.165) is 43.0 Å². The zero-order valence-corrected chi connectivity index (χ0v) is 21.4. The monoisotopic (exact) mass is 477 g/mol. The molecule has 35 heavy (non-hydrogen) atoms. The van der Waals surface area contributed by atoms with Gasteiger partial charge in [0.15, 0.2) is 6.61 Å². The van der Waals surface area contributed by atoms with Gasteiger partial charge in [0, 0.05) is 12.1 Å². The molecule has 0 aliphatic heterocycles. The molecule has 4 aliphatic carbocycles. The van der Waals surface area contributed by atoms with Gasteiger partial charge in [-0.15, -0.1) is 0 Å². The molecule has 1 aromatic rings. The van der Waals surface area contributed by atoms with Crippen molar-refractivity contribution >= 4 is 17.4 Å². The van der Waals surface area contributed by atoms with Crippen molar-refractivity contribution in [1.82, 2.24) is 10.3 Å². The summed E-state index contributed by atoms with van der Waals surface area (Å²) in [5.41, 5.74) is 3.70. The Bertz CT molecular complexity index is 1030. The number of ketones is 1. The number of carbonyl (C=O) groups excluding carboxylic acids is 2. The molecular formula is C29H39N3O3. The van der Waals surface area contributed by atoms with Crippen molar-refractivity contribution in [3.63, 3.8) is 0 Å². The number of hydrogen-bond donors (Lipinski definition) is 1. The maximum absolute atomic E-state index is 12.4. The van der Waals surface area contributed by atoms with Crippen LogP contribution in [0.5, 0.6) is 0 Å². The van der Waals surface area contributed by atoms with Gasteiger partial charge >= 0.3 is 0 Å². The number of carbonyl (C=O) groups is 2. The van der Waals surface area contributed by atoms with Gasteiger partial charge in [0.1, 0.15) is 5.78 Å². The fourth-order valence-electron chi connectivity index (χ4n) is 8.23. The molecule has 0 spiro atoms. The molecule has 1 aromatic heterocycles. The van der Waals surface area contributed by atoms with Gasteiger partial charge in [-0.1, -0.05) is 30.6 Å². The lowest BCUT2D eigenvalue weighted by molar-refractivity contribution is -0.128. The van der Waals surface area contributed by atoms with Crippen molar-refractivity contribution in [2.24, 2.45) is 39.7 Å². The maximum Gasteiger partial charge on any atom is 0.261 e. The molecule has 0 radical (unpaired) electrons. The van der Waals surface area contributed by atoms with Crippen molar-refractivity contribution < 1.29 is 14.4 Å². The van der Waals surface area contributed by atoms with Crippen molar-refractivity contribution in [2.45, 2.75) is 78.7 Å². The van der Waals surface area contributed by atoms with Crippen molar-refractivity contribution in [3.8, 4) is 0 Å². The highest BCUT2D eigenvalue weighted by atomic mass is 16.6. The summed E-state index contributed by atoms with van der Waals surface area (Å²) >= 11 is 0. The van der Waals surface area contributed by atoms with Gasteiger partial charge in [-0.2, -0.15) is 0 Å². The Hall–Kier alpha value is -2.50. The molecule has 6 atom stereocenters. The first-order valence-electron chi connectivity index (χ1n) is 13.4. The minimum atomic E-state index is -0.195. The quantitative estimate of drug-likeness (QED) is 0.568. The summed E-state index contributed by atoms with van der Waals surface area (Å²) in [4.78, 5) is 34.1. The van der Waals surface area contributed by atoms with E-state index in [9.17, 15) is 9.59 Å². The van der Waals surface area contributed by atoms with Gasteiger partial charge in [0.05, 0.1) is 18.0 Å². The number of Topliss-reactive ketones (excluding diaryl/α,β-unsaturated/α-hetero) is 1. The van der Waals surface area contributed by atoms with E-state index in [0.29, 0.717) is 24.2 Å². The summed E-state index contributed by atoms with van der Waals surface area (Å²) in [5, 5.41) is 7.14. The molecule has 4 aliphatic rings. The second-order valence-corrected chi connectivity index (χ2v) is 11.7. The third-order valence-electron chi connectivity index (χ3n) is 10.0. The fourth-order valence-corrected chi connectivity index (χ4v) is 8.23. The summed E-state index contributed by atoms with van der Waals surface area (Å²) in [7, 11) is 0. The van der Waals surface area contributed by atoms with E-state index in [2.05, 4.69) is 35.4 Å². The molecule has 3 saturated carbocycles. The number of amides is 1. The largest absolute Gasteiger partial charge is 0.385 e. The lowest BCUT2D eigenvalue weighted by Gasteiger charge is -2.58.